The summed E-state index contributed by atoms with van der Waals surface area (Å²) in [6.07, 6.45) is 3.09. The molecule has 0 radical (unpaired) electrons. The smallest absolute Gasteiger partial charge is 0.271 e. The third kappa shape index (κ3) is 3.62. The fraction of sp³-hybridized carbons (Fsp3) is 0.417. The lowest BCUT2D eigenvalue weighted by Gasteiger charge is -2.44. The summed E-state index contributed by atoms with van der Waals surface area (Å²) < 4.78 is 7.44. The van der Waals surface area contributed by atoms with E-state index >= 15 is 0 Å². The van der Waals surface area contributed by atoms with Gasteiger partial charge in [0, 0.05) is 30.4 Å². The highest BCUT2D eigenvalue weighted by atomic mass is 16.3. The van der Waals surface area contributed by atoms with Gasteiger partial charge in [0.1, 0.15) is 17.0 Å². The normalized spacial score (nSPS) is 18.8. The molecule has 1 aliphatic heterocycles. The van der Waals surface area contributed by atoms with E-state index in [4.69, 9.17) is 4.42 Å². The Balaban J connectivity index is 1.68. The molecule has 6 heteroatoms. The lowest BCUT2D eigenvalue weighted by molar-refractivity contribution is -0.132. The van der Waals surface area contributed by atoms with Crippen LogP contribution in [0.4, 0.5) is 0 Å². The highest BCUT2D eigenvalue weighted by Gasteiger charge is 2.47. The van der Waals surface area contributed by atoms with Crippen molar-refractivity contribution in [2.45, 2.75) is 45.7 Å². The zero-order chi connectivity index (χ0) is 21.3. The highest BCUT2D eigenvalue weighted by Crippen LogP contribution is 2.32. The number of rotatable bonds is 7. The topological polar surface area (TPSA) is 67.5 Å². The molecule has 3 heterocycles. The Morgan fingerprint density at radius 2 is 2.03 bits per heavy atom. The molecule has 4 rings (SSSR count). The van der Waals surface area contributed by atoms with Gasteiger partial charge in [0.25, 0.3) is 5.91 Å². The summed E-state index contributed by atoms with van der Waals surface area (Å²) in [5.74, 6) is 1.07. The average molecular weight is 408 g/mol. The number of carbonyl (C=O) groups is 2. The van der Waals surface area contributed by atoms with E-state index in [0.29, 0.717) is 37.7 Å². The van der Waals surface area contributed by atoms with E-state index in [0.717, 1.165) is 23.1 Å². The van der Waals surface area contributed by atoms with Crippen LogP contribution in [-0.4, -0.2) is 39.9 Å². The number of hydrogen-bond donors (Lipinski definition) is 1. The minimum absolute atomic E-state index is 0.112. The molecule has 3 aromatic rings. The van der Waals surface area contributed by atoms with E-state index in [2.05, 4.69) is 19.2 Å². The summed E-state index contributed by atoms with van der Waals surface area (Å²) in [5.41, 5.74) is 0.631. The van der Waals surface area contributed by atoms with Crippen molar-refractivity contribution in [1.29, 1.82) is 0 Å². The molecule has 1 aliphatic rings. The molecule has 1 unspecified atom stereocenters. The van der Waals surface area contributed by atoms with Gasteiger partial charge in [-0.1, -0.05) is 32.0 Å². The van der Waals surface area contributed by atoms with Crippen LogP contribution in [-0.2, 0) is 17.8 Å². The standard InChI is InChI=1S/C24H29N3O3/c1-17(2)10-12-25-23(29)24(3)16-26-20-9-5-4-7-18(20)15-21(26)22(28)27(24)13-11-19-8-6-14-30-19/h4-9,14-15,17H,10-13,16H2,1-3H3,(H,25,29). The van der Waals surface area contributed by atoms with Gasteiger partial charge in [0.05, 0.1) is 12.8 Å². The molecule has 30 heavy (non-hydrogen) atoms. The summed E-state index contributed by atoms with van der Waals surface area (Å²) in [5, 5.41) is 4.08. The summed E-state index contributed by atoms with van der Waals surface area (Å²) in [6, 6.07) is 13.6. The van der Waals surface area contributed by atoms with Crippen LogP contribution in [0.1, 0.15) is 43.4 Å². The van der Waals surface area contributed by atoms with Crippen LogP contribution in [0.5, 0.6) is 0 Å². The lowest BCUT2D eigenvalue weighted by Crippen LogP contribution is -2.64. The van der Waals surface area contributed by atoms with Crippen LogP contribution in [0.2, 0.25) is 0 Å². The number of amides is 2. The molecule has 0 saturated heterocycles. The zero-order valence-corrected chi connectivity index (χ0v) is 17.9. The summed E-state index contributed by atoms with van der Waals surface area (Å²) in [6.45, 7) is 7.58. The van der Waals surface area contributed by atoms with Crippen molar-refractivity contribution in [3.8, 4) is 0 Å². The number of aromatic nitrogens is 1. The molecule has 6 nitrogen and oxygen atoms in total. The second-order valence-electron chi connectivity index (χ2n) is 8.67. The van der Waals surface area contributed by atoms with Crippen molar-refractivity contribution in [1.82, 2.24) is 14.8 Å². The molecule has 0 saturated carbocycles. The Labute approximate surface area is 176 Å². The van der Waals surface area contributed by atoms with Crippen molar-refractivity contribution in [3.63, 3.8) is 0 Å². The maximum absolute atomic E-state index is 13.5. The third-order valence-electron chi connectivity index (χ3n) is 5.99. The molecular weight excluding hydrogens is 378 g/mol. The number of fused-ring (bicyclic) bond motifs is 3. The number of nitrogens with zero attached hydrogens (tertiary/aromatic N) is 2. The SMILES string of the molecule is CC(C)CCNC(=O)C1(C)Cn2c(cc3ccccc32)C(=O)N1CCc1ccco1. The van der Waals surface area contributed by atoms with Gasteiger partial charge in [-0.15, -0.1) is 0 Å². The number of carbonyl (C=O) groups excluding carboxylic acids is 2. The number of benzene rings is 1. The Hall–Kier alpha value is -3.02. The van der Waals surface area contributed by atoms with Crippen LogP contribution < -0.4 is 5.32 Å². The zero-order valence-electron chi connectivity index (χ0n) is 17.9. The molecule has 0 fully saturated rings. The monoisotopic (exact) mass is 407 g/mol. The van der Waals surface area contributed by atoms with E-state index in [-0.39, 0.29) is 11.8 Å². The van der Waals surface area contributed by atoms with Gasteiger partial charge in [0.15, 0.2) is 0 Å². The van der Waals surface area contributed by atoms with Crippen LogP contribution in [0, 0.1) is 5.92 Å². The molecule has 2 amide bonds. The molecule has 158 valence electrons. The summed E-state index contributed by atoms with van der Waals surface area (Å²) in [7, 11) is 0. The molecule has 1 aromatic carbocycles. The lowest BCUT2D eigenvalue weighted by atomic mass is 9.94. The van der Waals surface area contributed by atoms with Crippen LogP contribution in [0.15, 0.2) is 53.1 Å². The second-order valence-corrected chi connectivity index (χ2v) is 8.67. The molecular formula is C24H29N3O3. The first-order valence-electron chi connectivity index (χ1n) is 10.6. The maximum atomic E-state index is 13.5. The predicted octanol–water partition coefficient (Wildman–Crippen LogP) is 3.85. The van der Waals surface area contributed by atoms with E-state index < -0.39 is 5.54 Å². The fourth-order valence-electron chi connectivity index (χ4n) is 4.20. The number of nitrogens with one attached hydrogen (secondary N) is 1. The highest BCUT2D eigenvalue weighted by molar-refractivity contribution is 6.03. The van der Waals surface area contributed by atoms with Gasteiger partial charge < -0.3 is 19.2 Å². The Kier molecular flexibility index (Phi) is 5.41. The van der Waals surface area contributed by atoms with E-state index in [1.807, 2.05) is 54.0 Å². The molecule has 0 spiro atoms. The van der Waals surface area contributed by atoms with Crippen molar-refractivity contribution in [3.05, 3.63) is 60.2 Å². The maximum Gasteiger partial charge on any atom is 0.271 e. The number of furan rings is 1. The van der Waals surface area contributed by atoms with Gasteiger partial charge in [-0.2, -0.15) is 0 Å². The van der Waals surface area contributed by atoms with E-state index in [1.165, 1.54) is 0 Å². The minimum atomic E-state index is -0.977. The van der Waals surface area contributed by atoms with Crippen molar-refractivity contribution >= 4 is 22.7 Å². The van der Waals surface area contributed by atoms with Crippen molar-refractivity contribution < 1.29 is 14.0 Å². The van der Waals surface area contributed by atoms with Crippen molar-refractivity contribution in [2.24, 2.45) is 5.92 Å². The van der Waals surface area contributed by atoms with Gasteiger partial charge in [-0.05, 0) is 43.5 Å². The quantitative estimate of drug-likeness (QED) is 0.647. The van der Waals surface area contributed by atoms with Gasteiger partial charge in [-0.3, -0.25) is 9.59 Å². The Morgan fingerprint density at radius 3 is 2.77 bits per heavy atom. The minimum Gasteiger partial charge on any atom is -0.469 e. The van der Waals surface area contributed by atoms with Crippen molar-refractivity contribution in [2.75, 3.05) is 13.1 Å². The average Bonchev–Trinajstić information content (AvgIpc) is 3.35. The first kappa shape index (κ1) is 20.3. The van der Waals surface area contributed by atoms with E-state index in [1.54, 1.807) is 11.2 Å². The van der Waals surface area contributed by atoms with Gasteiger partial charge in [0.2, 0.25) is 5.91 Å². The molecule has 2 aromatic heterocycles. The molecule has 0 bridgehead atoms. The molecule has 1 N–H and O–H groups in total. The summed E-state index contributed by atoms with van der Waals surface area (Å²) in [4.78, 5) is 28.6. The van der Waals surface area contributed by atoms with Crippen LogP contribution >= 0.6 is 0 Å². The largest absolute Gasteiger partial charge is 0.469 e. The number of para-hydroxylation sites is 1. The van der Waals surface area contributed by atoms with E-state index in [9.17, 15) is 9.59 Å². The van der Waals surface area contributed by atoms with Crippen LogP contribution in [0.3, 0.4) is 0 Å². The number of hydrogen-bond acceptors (Lipinski definition) is 3. The molecule has 1 atom stereocenters. The van der Waals surface area contributed by atoms with Gasteiger partial charge in [-0.25, -0.2) is 0 Å². The second kappa shape index (κ2) is 8.01. The summed E-state index contributed by atoms with van der Waals surface area (Å²) >= 11 is 0. The van der Waals surface area contributed by atoms with Crippen LogP contribution in [0.25, 0.3) is 10.9 Å². The predicted molar refractivity (Wildman–Crippen MR) is 116 cm³/mol. The first-order valence-corrected chi connectivity index (χ1v) is 10.6. The Morgan fingerprint density at radius 1 is 1.23 bits per heavy atom. The Bertz CT molecular complexity index is 1050. The first-order chi connectivity index (χ1) is 14.4. The third-order valence-corrected chi connectivity index (χ3v) is 5.99. The fourth-order valence-corrected chi connectivity index (χ4v) is 4.20. The molecule has 0 aliphatic carbocycles. The van der Waals surface area contributed by atoms with Gasteiger partial charge >= 0.3 is 0 Å².